The standard InChI is InChI=1S/C12H22O11/c13-1-3-4(14)9(18)12(21,2-22-3)10(19)8-6(16)5(15)7(17)11(20)23-8/h3-11,13-21H,1-2H2/t3-,4+,5+,6-,7-,8+,9+,10?,11+,12-/m1/s1. The molecule has 1 unspecified atom stereocenters. The summed E-state index contributed by atoms with van der Waals surface area (Å²) in [5.41, 5.74) is -2.52. The predicted octanol–water partition coefficient (Wildman–Crippen LogP) is -6.01. The third-order valence-corrected chi connectivity index (χ3v) is 4.37. The van der Waals surface area contributed by atoms with Crippen LogP contribution < -0.4 is 0 Å². The van der Waals surface area contributed by atoms with Crippen LogP contribution in [0, 0.1) is 0 Å². The zero-order chi connectivity index (χ0) is 17.5. The number of rotatable bonds is 3. The van der Waals surface area contributed by atoms with Crippen LogP contribution in [-0.4, -0.2) is 120 Å². The van der Waals surface area contributed by atoms with Crippen LogP contribution in [0.4, 0.5) is 0 Å². The number of aliphatic hydroxyl groups is 9. The molecule has 136 valence electrons. The largest absolute Gasteiger partial charge is 0.394 e. The summed E-state index contributed by atoms with van der Waals surface area (Å²) in [6.45, 7) is -1.37. The molecule has 0 aromatic rings. The summed E-state index contributed by atoms with van der Waals surface area (Å²) >= 11 is 0. The Labute approximate surface area is 130 Å². The Morgan fingerprint density at radius 3 is 2.13 bits per heavy atom. The molecular weight excluding hydrogens is 320 g/mol. The number of hydrogen-bond donors (Lipinski definition) is 9. The van der Waals surface area contributed by atoms with Gasteiger partial charge in [-0.25, -0.2) is 0 Å². The predicted molar refractivity (Wildman–Crippen MR) is 68.7 cm³/mol. The molecule has 2 saturated heterocycles. The summed E-state index contributed by atoms with van der Waals surface area (Å²) in [5, 5.41) is 87.7. The molecule has 11 heteroatoms. The molecule has 0 radical (unpaired) electrons. The van der Waals surface area contributed by atoms with E-state index in [0.29, 0.717) is 0 Å². The summed E-state index contributed by atoms with van der Waals surface area (Å²) in [4.78, 5) is 0. The lowest BCUT2D eigenvalue weighted by molar-refractivity contribution is -0.331. The molecule has 10 atom stereocenters. The van der Waals surface area contributed by atoms with Gasteiger partial charge in [0.2, 0.25) is 0 Å². The van der Waals surface area contributed by atoms with Crippen molar-refractivity contribution >= 4 is 0 Å². The lowest BCUT2D eigenvalue weighted by atomic mass is 9.79. The minimum Gasteiger partial charge on any atom is -0.394 e. The van der Waals surface area contributed by atoms with Gasteiger partial charge in [-0.3, -0.25) is 0 Å². The Morgan fingerprint density at radius 1 is 0.957 bits per heavy atom. The van der Waals surface area contributed by atoms with E-state index >= 15 is 0 Å². The van der Waals surface area contributed by atoms with Gasteiger partial charge in [0, 0.05) is 0 Å². The van der Waals surface area contributed by atoms with E-state index in [1.54, 1.807) is 0 Å². The van der Waals surface area contributed by atoms with Gasteiger partial charge in [-0.2, -0.15) is 0 Å². The van der Waals surface area contributed by atoms with E-state index < -0.39 is 73.9 Å². The van der Waals surface area contributed by atoms with Crippen LogP contribution in [0.5, 0.6) is 0 Å². The van der Waals surface area contributed by atoms with Gasteiger partial charge in [-0.05, 0) is 0 Å². The smallest absolute Gasteiger partial charge is 0.184 e. The average Bonchev–Trinajstić information content (AvgIpc) is 2.53. The van der Waals surface area contributed by atoms with Gasteiger partial charge >= 0.3 is 0 Å². The Bertz CT molecular complexity index is 408. The fraction of sp³-hybridized carbons (Fsp3) is 1.00. The fourth-order valence-corrected chi connectivity index (χ4v) is 2.78. The van der Waals surface area contributed by atoms with E-state index in [-0.39, 0.29) is 0 Å². The van der Waals surface area contributed by atoms with Gasteiger partial charge in [0.15, 0.2) is 6.29 Å². The van der Waals surface area contributed by atoms with Crippen molar-refractivity contribution in [3.05, 3.63) is 0 Å². The van der Waals surface area contributed by atoms with Gasteiger partial charge in [-0.15, -0.1) is 0 Å². The molecule has 11 nitrogen and oxygen atoms in total. The summed E-state index contributed by atoms with van der Waals surface area (Å²) in [6.07, 6.45) is -16.3. The van der Waals surface area contributed by atoms with Crippen molar-refractivity contribution in [3.8, 4) is 0 Å². The molecule has 2 aliphatic rings. The second-order valence-corrected chi connectivity index (χ2v) is 5.87. The average molecular weight is 342 g/mol. The minimum atomic E-state index is -2.52. The molecule has 0 aromatic carbocycles. The van der Waals surface area contributed by atoms with E-state index in [4.69, 9.17) is 14.6 Å². The molecule has 2 rings (SSSR count). The molecule has 0 saturated carbocycles. The number of hydrogen-bond acceptors (Lipinski definition) is 11. The zero-order valence-electron chi connectivity index (χ0n) is 12.0. The van der Waals surface area contributed by atoms with Crippen LogP contribution in [0.15, 0.2) is 0 Å². The van der Waals surface area contributed by atoms with Crippen LogP contribution in [0.25, 0.3) is 0 Å². The zero-order valence-corrected chi connectivity index (χ0v) is 12.0. The highest BCUT2D eigenvalue weighted by Crippen LogP contribution is 2.33. The Morgan fingerprint density at radius 2 is 1.57 bits per heavy atom. The summed E-state index contributed by atoms with van der Waals surface area (Å²) in [7, 11) is 0. The van der Waals surface area contributed by atoms with E-state index in [1.807, 2.05) is 0 Å². The highest BCUT2D eigenvalue weighted by atomic mass is 16.6. The molecule has 0 amide bonds. The van der Waals surface area contributed by atoms with Crippen LogP contribution in [0.2, 0.25) is 0 Å². The summed E-state index contributed by atoms with van der Waals surface area (Å²) < 4.78 is 9.75. The first kappa shape index (κ1) is 18.9. The van der Waals surface area contributed by atoms with Crippen molar-refractivity contribution in [2.75, 3.05) is 13.2 Å². The lowest BCUT2D eigenvalue weighted by Gasteiger charge is -2.49. The van der Waals surface area contributed by atoms with E-state index in [9.17, 15) is 40.9 Å². The van der Waals surface area contributed by atoms with Gasteiger partial charge < -0.3 is 55.4 Å². The van der Waals surface area contributed by atoms with Gasteiger partial charge in [0.25, 0.3) is 0 Å². The van der Waals surface area contributed by atoms with E-state index in [1.165, 1.54) is 0 Å². The summed E-state index contributed by atoms with van der Waals surface area (Å²) in [6, 6.07) is 0. The molecular formula is C12H22O11. The second-order valence-electron chi connectivity index (χ2n) is 5.87. The molecule has 0 spiro atoms. The highest BCUT2D eigenvalue weighted by molar-refractivity contribution is 5.07. The topological polar surface area (TPSA) is 201 Å². The van der Waals surface area contributed by atoms with Crippen LogP contribution in [0.3, 0.4) is 0 Å². The first-order chi connectivity index (χ1) is 10.6. The third-order valence-electron chi connectivity index (χ3n) is 4.37. The number of aliphatic hydroxyl groups excluding tert-OH is 8. The normalized spacial score (nSPS) is 53.1. The molecule has 9 N–H and O–H groups in total. The maximum Gasteiger partial charge on any atom is 0.184 e. The number of ether oxygens (including phenoxy) is 2. The SMILES string of the molecule is OC[C@H]1OC[C@](O)(C(O)[C@H]2O[C@H](O)[C@H](O)[C@@H](O)[C@H]2O)[C@@H](O)[C@H]1O. The van der Waals surface area contributed by atoms with Crippen molar-refractivity contribution in [3.63, 3.8) is 0 Å². The first-order valence-corrected chi connectivity index (χ1v) is 7.02. The van der Waals surface area contributed by atoms with Crippen molar-refractivity contribution < 1.29 is 55.4 Å². The Kier molecular flexibility index (Phi) is 5.60. The third kappa shape index (κ3) is 3.10. The van der Waals surface area contributed by atoms with E-state index in [2.05, 4.69) is 0 Å². The summed E-state index contributed by atoms with van der Waals surface area (Å²) in [5.74, 6) is 0. The maximum absolute atomic E-state index is 10.4. The molecule has 2 fully saturated rings. The van der Waals surface area contributed by atoms with E-state index in [0.717, 1.165) is 0 Å². The Balaban J connectivity index is 2.20. The second kappa shape index (κ2) is 6.82. The lowest BCUT2D eigenvalue weighted by Crippen LogP contribution is -2.72. The van der Waals surface area contributed by atoms with Crippen LogP contribution in [-0.2, 0) is 9.47 Å². The van der Waals surface area contributed by atoms with Gasteiger partial charge in [-0.1, -0.05) is 0 Å². The van der Waals surface area contributed by atoms with Crippen molar-refractivity contribution in [1.29, 1.82) is 0 Å². The van der Waals surface area contributed by atoms with Gasteiger partial charge in [0.1, 0.15) is 54.4 Å². The maximum atomic E-state index is 10.4. The quantitative estimate of drug-likeness (QED) is 0.236. The fourth-order valence-electron chi connectivity index (χ4n) is 2.78. The van der Waals surface area contributed by atoms with Gasteiger partial charge in [0.05, 0.1) is 13.2 Å². The molecule has 0 aromatic heterocycles. The Hall–Kier alpha value is -0.440. The molecule has 2 heterocycles. The van der Waals surface area contributed by atoms with Crippen LogP contribution >= 0.6 is 0 Å². The first-order valence-electron chi connectivity index (χ1n) is 7.02. The highest BCUT2D eigenvalue weighted by Gasteiger charge is 2.58. The van der Waals surface area contributed by atoms with Crippen molar-refractivity contribution in [1.82, 2.24) is 0 Å². The van der Waals surface area contributed by atoms with Crippen LogP contribution in [0.1, 0.15) is 0 Å². The molecule has 0 aliphatic carbocycles. The van der Waals surface area contributed by atoms with Crippen molar-refractivity contribution in [2.24, 2.45) is 0 Å². The molecule has 23 heavy (non-hydrogen) atoms. The molecule has 2 aliphatic heterocycles. The minimum absolute atomic E-state index is 0.642. The molecule has 0 bridgehead atoms. The monoisotopic (exact) mass is 342 g/mol. The van der Waals surface area contributed by atoms with Crippen molar-refractivity contribution in [2.45, 2.75) is 60.7 Å².